The molecule has 0 bridgehead atoms. The van der Waals surface area contributed by atoms with E-state index in [4.69, 9.17) is 5.11 Å². The number of carboxylic acids is 2. The van der Waals surface area contributed by atoms with Gasteiger partial charge in [0, 0.05) is 0 Å². The summed E-state index contributed by atoms with van der Waals surface area (Å²) >= 11 is 6.83. The zero-order valence-corrected chi connectivity index (χ0v) is 16.1. The van der Waals surface area contributed by atoms with Gasteiger partial charge in [-0.2, -0.15) is 0 Å². The van der Waals surface area contributed by atoms with Crippen LogP contribution in [0.25, 0.3) is 0 Å². The van der Waals surface area contributed by atoms with Gasteiger partial charge in [-0.1, -0.05) is 0 Å². The predicted octanol–water partition coefficient (Wildman–Crippen LogP) is 1.75. The van der Waals surface area contributed by atoms with Gasteiger partial charge in [-0.3, -0.25) is 0 Å². The molecular formula is C18H18AsNO4S. The summed E-state index contributed by atoms with van der Waals surface area (Å²) in [7, 11) is 0. The Kier molecular flexibility index (Phi) is 7.09. The molecule has 0 amide bonds. The molecule has 1 aromatic heterocycles. The molecule has 2 aromatic rings. The molecule has 5 nitrogen and oxygen atoms in total. The zero-order chi connectivity index (χ0) is 18.4. The molecule has 0 saturated heterocycles. The molecule has 1 aromatic carbocycles. The second-order valence-electron chi connectivity index (χ2n) is 5.79. The molecule has 25 heavy (non-hydrogen) atoms. The Morgan fingerprint density at radius 3 is 2.52 bits per heavy atom. The fourth-order valence-corrected chi connectivity index (χ4v) is 3.19. The minimum absolute atomic E-state index is 0.229. The molecule has 2 radical (unpaired) electrons. The van der Waals surface area contributed by atoms with Gasteiger partial charge >= 0.3 is 144 Å². The fraction of sp³-hybridized carbons (Fsp3) is 0.278. The number of aromatic carboxylic acids is 1. The second kappa shape index (κ2) is 9.07. The van der Waals surface area contributed by atoms with E-state index >= 15 is 0 Å². The number of hydrogen-bond donors (Lipinski definition) is 3. The van der Waals surface area contributed by atoms with Crippen molar-refractivity contribution >= 4 is 45.9 Å². The quantitative estimate of drug-likeness (QED) is 0.448. The number of pyridine rings is 1. The Bertz CT molecular complexity index is 751. The number of benzene rings is 1. The third-order valence-corrected chi connectivity index (χ3v) is 5.12. The molecule has 2 unspecified atom stereocenters. The summed E-state index contributed by atoms with van der Waals surface area (Å²) in [5, 5.41) is 18.2. The number of carboxylic acid groups (broad SMARTS) is 2. The summed E-state index contributed by atoms with van der Waals surface area (Å²) in [5.74, 6) is -2.50. The maximum absolute atomic E-state index is 11.6. The number of carbonyl (C=O) groups is 2. The first-order chi connectivity index (χ1) is 11.9. The Balaban J connectivity index is 2.01. The topological polar surface area (TPSA) is 87.5 Å². The van der Waals surface area contributed by atoms with Crippen LogP contribution in [0, 0.1) is 5.92 Å². The summed E-state index contributed by atoms with van der Waals surface area (Å²) in [6, 6.07) is 10.4. The number of aliphatic carboxylic acids is 1. The SMILES string of the molecule is O=C(O)c1cccc(CCC(S)C(Cc2ccc([As])nc2)C(=O)O)c1. The van der Waals surface area contributed by atoms with Crippen LogP contribution in [0.15, 0.2) is 42.6 Å². The van der Waals surface area contributed by atoms with Crippen LogP contribution in [0.5, 0.6) is 0 Å². The van der Waals surface area contributed by atoms with E-state index in [1.807, 2.05) is 18.2 Å². The molecule has 0 aliphatic carbocycles. The van der Waals surface area contributed by atoms with E-state index < -0.39 is 17.9 Å². The standard InChI is InChI=1S/C18H18AsNO4S/c19-16-7-5-12(10-20-16)9-14(18(23)24)15(25)6-4-11-2-1-3-13(8-11)17(21)22/h1-3,5,7-8,10,14-15,25H,4,6,9H2,(H,21,22)(H,23,24). The molecule has 2 atom stereocenters. The molecule has 1 heterocycles. The van der Waals surface area contributed by atoms with Crippen molar-refractivity contribution in [2.24, 2.45) is 5.92 Å². The van der Waals surface area contributed by atoms with Gasteiger partial charge in [0.05, 0.1) is 0 Å². The Labute approximate surface area is 160 Å². The van der Waals surface area contributed by atoms with Crippen LogP contribution < -0.4 is 4.48 Å². The Hall–Kier alpha value is -1.78. The first kappa shape index (κ1) is 19.5. The Morgan fingerprint density at radius 1 is 1.16 bits per heavy atom. The average Bonchev–Trinajstić information content (AvgIpc) is 2.59. The van der Waals surface area contributed by atoms with E-state index in [1.54, 1.807) is 18.3 Å². The number of aryl methyl sites for hydroxylation is 1. The summed E-state index contributed by atoms with van der Waals surface area (Å²) in [6.07, 6.45) is 3.15. The van der Waals surface area contributed by atoms with Crippen LogP contribution >= 0.6 is 12.6 Å². The van der Waals surface area contributed by atoms with Crippen molar-refractivity contribution in [3.05, 3.63) is 59.3 Å². The van der Waals surface area contributed by atoms with Crippen LogP contribution in [-0.2, 0) is 17.6 Å². The summed E-state index contributed by atoms with van der Waals surface area (Å²) in [5.41, 5.74) is 1.94. The van der Waals surface area contributed by atoms with Crippen LogP contribution in [0.1, 0.15) is 27.9 Å². The predicted molar refractivity (Wildman–Crippen MR) is 99.0 cm³/mol. The molecular weight excluding hydrogens is 401 g/mol. The third kappa shape index (κ3) is 5.91. The van der Waals surface area contributed by atoms with Crippen molar-refractivity contribution in [1.82, 2.24) is 4.98 Å². The minimum atomic E-state index is -0.974. The summed E-state index contributed by atoms with van der Waals surface area (Å²) in [6.45, 7) is 0. The molecule has 130 valence electrons. The second-order valence-corrected chi connectivity index (χ2v) is 7.41. The normalized spacial score (nSPS) is 13.2. The number of thiol groups is 1. The molecule has 0 spiro atoms. The monoisotopic (exact) mass is 419 g/mol. The average molecular weight is 419 g/mol. The van der Waals surface area contributed by atoms with Crippen molar-refractivity contribution in [3.63, 3.8) is 0 Å². The summed E-state index contributed by atoms with van der Waals surface area (Å²) in [4.78, 5) is 26.8. The van der Waals surface area contributed by atoms with Gasteiger partial charge in [-0.25, -0.2) is 4.79 Å². The van der Waals surface area contributed by atoms with Gasteiger partial charge in [0.1, 0.15) is 0 Å². The van der Waals surface area contributed by atoms with Gasteiger partial charge in [-0.05, 0) is 6.07 Å². The van der Waals surface area contributed by atoms with Crippen LogP contribution in [0.2, 0.25) is 0 Å². The summed E-state index contributed by atoms with van der Waals surface area (Å²) < 4.78 is 0.823. The van der Waals surface area contributed by atoms with Crippen LogP contribution in [-0.4, -0.2) is 49.2 Å². The number of aromatic nitrogens is 1. The fourth-order valence-electron chi connectivity index (χ4n) is 2.55. The molecule has 0 fully saturated rings. The van der Waals surface area contributed by atoms with Gasteiger partial charge in [0.2, 0.25) is 0 Å². The molecule has 0 aliphatic rings. The van der Waals surface area contributed by atoms with Crippen molar-refractivity contribution in [1.29, 1.82) is 0 Å². The zero-order valence-electron chi connectivity index (χ0n) is 13.4. The van der Waals surface area contributed by atoms with Gasteiger partial charge in [0.15, 0.2) is 0 Å². The van der Waals surface area contributed by atoms with Crippen LogP contribution in [0.4, 0.5) is 0 Å². The first-order valence-electron chi connectivity index (χ1n) is 7.74. The number of hydrogen-bond acceptors (Lipinski definition) is 4. The van der Waals surface area contributed by atoms with E-state index in [2.05, 4.69) is 34.5 Å². The van der Waals surface area contributed by atoms with Crippen molar-refractivity contribution in [3.8, 4) is 0 Å². The van der Waals surface area contributed by atoms with E-state index in [0.717, 1.165) is 15.6 Å². The van der Waals surface area contributed by atoms with Crippen molar-refractivity contribution in [2.75, 3.05) is 0 Å². The van der Waals surface area contributed by atoms with Gasteiger partial charge < -0.3 is 5.11 Å². The number of rotatable bonds is 8. The van der Waals surface area contributed by atoms with E-state index in [9.17, 15) is 14.7 Å². The van der Waals surface area contributed by atoms with E-state index in [1.165, 1.54) is 6.07 Å². The maximum atomic E-state index is 11.6. The molecule has 0 saturated carbocycles. The van der Waals surface area contributed by atoms with Gasteiger partial charge in [0.25, 0.3) is 0 Å². The van der Waals surface area contributed by atoms with Crippen molar-refractivity contribution < 1.29 is 19.8 Å². The van der Waals surface area contributed by atoms with Crippen LogP contribution in [0.3, 0.4) is 0 Å². The molecule has 2 rings (SSSR count). The third-order valence-electron chi connectivity index (χ3n) is 3.95. The van der Waals surface area contributed by atoms with Gasteiger partial charge in [-0.15, -0.1) is 0 Å². The molecule has 7 heteroatoms. The molecule has 0 aliphatic heterocycles. The first-order valence-corrected chi connectivity index (χ1v) is 9.19. The molecule has 2 N–H and O–H groups in total. The van der Waals surface area contributed by atoms with Crippen molar-refractivity contribution in [2.45, 2.75) is 24.5 Å². The van der Waals surface area contributed by atoms with E-state index in [-0.39, 0.29) is 10.8 Å². The Morgan fingerprint density at radius 2 is 1.92 bits per heavy atom. The number of nitrogens with zero attached hydrogens (tertiary/aromatic N) is 1. The van der Waals surface area contributed by atoms with E-state index in [0.29, 0.717) is 19.3 Å².